The minimum absolute atomic E-state index is 0.0762. The van der Waals surface area contributed by atoms with E-state index in [0.29, 0.717) is 6.61 Å². The quantitative estimate of drug-likeness (QED) is 0.603. The smallest absolute Gasteiger partial charge is 0.316 e. The summed E-state index contributed by atoms with van der Waals surface area (Å²) in [5.74, 6) is 0.170. The lowest BCUT2D eigenvalue weighted by Crippen LogP contribution is -2.43. The highest BCUT2D eigenvalue weighted by Gasteiger charge is 2.44. The Kier molecular flexibility index (Phi) is 8.32. The van der Waals surface area contributed by atoms with Crippen LogP contribution in [0.1, 0.15) is 53.0 Å². The average Bonchev–Trinajstić information content (AvgIpc) is 2.60. The van der Waals surface area contributed by atoms with E-state index in [1.165, 1.54) is 0 Å². The molecule has 0 aliphatic heterocycles. The number of carbonyl (C=O) groups is 1. The van der Waals surface area contributed by atoms with E-state index < -0.39 is 5.41 Å². The van der Waals surface area contributed by atoms with Gasteiger partial charge >= 0.3 is 5.97 Å². The molecule has 130 valence electrons. The van der Waals surface area contributed by atoms with Crippen LogP contribution in [0.3, 0.4) is 0 Å². The van der Waals surface area contributed by atoms with Gasteiger partial charge in [-0.3, -0.25) is 4.79 Å². The molecule has 2 atom stereocenters. The van der Waals surface area contributed by atoms with Crippen LogP contribution in [0.2, 0.25) is 0 Å². The molecule has 0 amide bonds. The molecule has 0 N–H and O–H groups in total. The fourth-order valence-corrected chi connectivity index (χ4v) is 3.32. The molecular weight excluding hydrogens is 286 g/mol. The van der Waals surface area contributed by atoms with Crippen LogP contribution in [-0.4, -0.2) is 37.1 Å². The average molecular weight is 319 g/mol. The number of hydrogen-bond acceptors (Lipinski definition) is 3. The maximum atomic E-state index is 13.0. The lowest BCUT2D eigenvalue weighted by molar-refractivity contribution is -0.153. The van der Waals surface area contributed by atoms with Crippen LogP contribution in [-0.2, 0) is 14.9 Å². The third kappa shape index (κ3) is 4.57. The predicted octanol–water partition coefficient (Wildman–Crippen LogP) is 4.27. The summed E-state index contributed by atoms with van der Waals surface area (Å²) in [7, 11) is 0. The molecule has 23 heavy (non-hydrogen) atoms. The van der Waals surface area contributed by atoms with Crippen molar-refractivity contribution in [2.24, 2.45) is 5.92 Å². The van der Waals surface area contributed by atoms with Gasteiger partial charge in [0.25, 0.3) is 0 Å². The Morgan fingerprint density at radius 1 is 1.13 bits per heavy atom. The molecule has 0 fully saturated rings. The zero-order valence-corrected chi connectivity index (χ0v) is 15.5. The van der Waals surface area contributed by atoms with Crippen molar-refractivity contribution >= 4 is 5.97 Å². The van der Waals surface area contributed by atoms with Gasteiger partial charge in [-0.05, 0) is 31.0 Å². The number of nitrogens with zero attached hydrogens (tertiary/aromatic N) is 1. The zero-order chi connectivity index (χ0) is 17.3. The summed E-state index contributed by atoms with van der Waals surface area (Å²) in [5, 5.41) is 0. The normalized spacial score (nSPS) is 15.2. The first-order valence-electron chi connectivity index (χ1n) is 9.01. The van der Waals surface area contributed by atoms with Gasteiger partial charge in [-0.15, -0.1) is 0 Å². The van der Waals surface area contributed by atoms with E-state index in [9.17, 15) is 4.79 Å². The van der Waals surface area contributed by atoms with Crippen LogP contribution < -0.4 is 0 Å². The third-order valence-corrected chi connectivity index (χ3v) is 5.20. The van der Waals surface area contributed by atoms with Crippen LogP contribution in [0.5, 0.6) is 0 Å². The first kappa shape index (κ1) is 19.7. The molecule has 0 aliphatic rings. The summed E-state index contributed by atoms with van der Waals surface area (Å²) in [6.07, 6.45) is 1.71. The highest BCUT2D eigenvalue weighted by Crippen LogP contribution is 2.38. The molecule has 0 saturated carbocycles. The van der Waals surface area contributed by atoms with Crippen molar-refractivity contribution in [1.29, 1.82) is 0 Å². The Balaban J connectivity index is 2.94. The first-order valence-corrected chi connectivity index (χ1v) is 9.01. The van der Waals surface area contributed by atoms with Crippen LogP contribution in [0.4, 0.5) is 0 Å². The number of carbonyl (C=O) groups excluding carboxylic acids is 1. The number of likely N-dealkylation sites (N-methyl/N-ethyl adjacent to an activating group) is 1. The number of benzene rings is 1. The van der Waals surface area contributed by atoms with E-state index >= 15 is 0 Å². The second-order valence-corrected chi connectivity index (χ2v) is 6.16. The van der Waals surface area contributed by atoms with Gasteiger partial charge in [0.1, 0.15) is 6.61 Å². The largest absolute Gasteiger partial charge is 0.464 e. The van der Waals surface area contributed by atoms with Gasteiger partial charge in [0.15, 0.2) is 0 Å². The Bertz CT molecular complexity index is 456. The summed E-state index contributed by atoms with van der Waals surface area (Å²) >= 11 is 0. The van der Waals surface area contributed by atoms with Crippen molar-refractivity contribution in [1.82, 2.24) is 4.90 Å². The highest BCUT2D eigenvalue weighted by molar-refractivity contribution is 5.83. The minimum atomic E-state index is -0.542. The van der Waals surface area contributed by atoms with Gasteiger partial charge in [-0.1, -0.05) is 71.4 Å². The van der Waals surface area contributed by atoms with E-state index in [4.69, 9.17) is 4.74 Å². The molecule has 0 spiro atoms. The van der Waals surface area contributed by atoms with E-state index in [1.54, 1.807) is 0 Å². The predicted molar refractivity (Wildman–Crippen MR) is 96.6 cm³/mol. The Hall–Kier alpha value is -1.35. The third-order valence-electron chi connectivity index (χ3n) is 5.20. The van der Waals surface area contributed by atoms with Crippen molar-refractivity contribution in [2.75, 3.05) is 26.2 Å². The molecule has 1 aromatic carbocycles. The van der Waals surface area contributed by atoms with Crippen LogP contribution in [0.25, 0.3) is 0 Å². The first-order chi connectivity index (χ1) is 11.1. The van der Waals surface area contributed by atoms with Gasteiger partial charge in [0.05, 0.1) is 5.41 Å². The van der Waals surface area contributed by atoms with E-state index in [2.05, 4.69) is 51.7 Å². The second-order valence-electron chi connectivity index (χ2n) is 6.16. The summed E-state index contributed by atoms with van der Waals surface area (Å²) < 4.78 is 5.73. The SMILES string of the molecule is CCC(C)C(CC)(C(=O)OCCN(CC)CC)c1ccccc1. The maximum absolute atomic E-state index is 13.0. The van der Waals surface area contributed by atoms with E-state index in [0.717, 1.165) is 38.0 Å². The zero-order valence-electron chi connectivity index (χ0n) is 15.5. The van der Waals surface area contributed by atoms with Crippen molar-refractivity contribution in [3.63, 3.8) is 0 Å². The molecule has 0 aliphatic carbocycles. The Morgan fingerprint density at radius 3 is 2.22 bits per heavy atom. The van der Waals surface area contributed by atoms with Crippen LogP contribution in [0, 0.1) is 5.92 Å². The molecule has 1 aromatic rings. The maximum Gasteiger partial charge on any atom is 0.316 e. The molecule has 0 radical (unpaired) electrons. The lowest BCUT2D eigenvalue weighted by Gasteiger charge is -2.36. The number of esters is 1. The molecule has 0 saturated heterocycles. The van der Waals surface area contributed by atoms with Crippen LogP contribution >= 0.6 is 0 Å². The Morgan fingerprint density at radius 2 is 1.74 bits per heavy atom. The molecule has 2 unspecified atom stereocenters. The topological polar surface area (TPSA) is 29.5 Å². The van der Waals surface area contributed by atoms with Crippen molar-refractivity contribution in [2.45, 2.75) is 52.9 Å². The second kappa shape index (κ2) is 9.71. The fraction of sp³-hybridized carbons (Fsp3) is 0.650. The summed E-state index contributed by atoms with van der Waals surface area (Å²) in [6, 6.07) is 10.1. The molecule has 0 aromatic heterocycles. The summed E-state index contributed by atoms with van der Waals surface area (Å²) in [6.45, 7) is 13.9. The number of rotatable bonds is 10. The molecule has 3 heteroatoms. The molecule has 1 rings (SSSR count). The van der Waals surface area contributed by atoms with Crippen molar-refractivity contribution in [3.8, 4) is 0 Å². The molecule has 0 heterocycles. The summed E-state index contributed by atoms with van der Waals surface area (Å²) in [4.78, 5) is 15.3. The van der Waals surface area contributed by atoms with Gasteiger partial charge in [-0.2, -0.15) is 0 Å². The summed E-state index contributed by atoms with van der Waals surface area (Å²) in [5.41, 5.74) is 0.531. The minimum Gasteiger partial charge on any atom is -0.464 e. The van der Waals surface area contributed by atoms with Gasteiger partial charge in [0, 0.05) is 6.54 Å². The van der Waals surface area contributed by atoms with Crippen LogP contribution in [0.15, 0.2) is 30.3 Å². The van der Waals surface area contributed by atoms with Crippen molar-refractivity contribution < 1.29 is 9.53 Å². The van der Waals surface area contributed by atoms with Gasteiger partial charge in [-0.25, -0.2) is 0 Å². The van der Waals surface area contributed by atoms with Gasteiger partial charge in [0.2, 0.25) is 0 Å². The fourth-order valence-electron chi connectivity index (χ4n) is 3.32. The molecule has 0 bridgehead atoms. The van der Waals surface area contributed by atoms with E-state index in [1.807, 2.05) is 18.2 Å². The number of ether oxygens (including phenoxy) is 1. The van der Waals surface area contributed by atoms with Crippen molar-refractivity contribution in [3.05, 3.63) is 35.9 Å². The molecular formula is C20H33NO2. The van der Waals surface area contributed by atoms with E-state index in [-0.39, 0.29) is 11.9 Å². The van der Waals surface area contributed by atoms with Gasteiger partial charge < -0.3 is 9.64 Å². The standard InChI is InChI=1S/C20H33NO2/c1-6-17(5)20(7-2,18-13-11-10-12-14-18)19(22)23-16-15-21(8-3)9-4/h10-14,17H,6-9,15-16H2,1-5H3. The Labute approximate surface area is 142 Å². The lowest BCUT2D eigenvalue weighted by atomic mass is 9.68. The highest BCUT2D eigenvalue weighted by atomic mass is 16.5. The monoisotopic (exact) mass is 319 g/mol. The molecule has 3 nitrogen and oxygen atoms in total. The number of hydrogen-bond donors (Lipinski definition) is 0.